The molecular formula is C27H37N3O. The molecular weight excluding hydrogens is 382 g/mol. The third kappa shape index (κ3) is 6.41. The van der Waals surface area contributed by atoms with E-state index in [0.29, 0.717) is 18.2 Å². The van der Waals surface area contributed by atoms with Crippen molar-refractivity contribution < 1.29 is 4.79 Å². The van der Waals surface area contributed by atoms with Crippen molar-refractivity contribution in [3.05, 3.63) is 71.3 Å². The van der Waals surface area contributed by atoms with Crippen LogP contribution in [0, 0.1) is 12.8 Å². The lowest BCUT2D eigenvalue weighted by Crippen LogP contribution is -2.48. The highest BCUT2D eigenvalue weighted by atomic mass is 16.2. The van der Waals surface area contributed by atoms with Crippen molar-refractivity contribution in [1.29, 1.82) is 0 Å². The zero-order valence-corrected chi connectivity index (χ0v) is 19.0. The molecule has 2 saturated heterocycles. The number of rotatable bonds is 7. The van der Waals surface area contributed by atoms with E-state index in [1.165, 1.54) is 36.1 Å². The lowest BCUT2D eigenvalue weighted by molar-refractivity contribution is -0.133. The van der Waals surface area contributed by atoms with Crippen LogP contribution in [0.15, 0.2) is 54.6 Å². The van der Waals surface area contributed by atoms with Gasteiger partial charge in [0, 0.05) is 52.2 Å². The Morgan fingerprint density at radius 2 is 1.61 bits per heavy atom. The second-order valence-corrected chi connectivity index (χ2v) is 9.35. The predicted octanol–water partition coefficient (Wildman–Crippen LogP) is 4.33. The highest BCUT2D eigenvalue weighted by Crippen LogP contribution is 2.24. The molecule has 4 rings (SSSR count). The lowest BCUT2D eigenvalue weighted by atomic mass is 9.92. The monoisotopic (exact) mass is 419 g/mol. The fourth-order valence-electron chi connectivity index (χ4n) is 5.04. The number of aryl methyl sites for hydroxylation is 1. The molecule has 2 aromatic carbocycles. The minimum atomic E-state index is 0.357. The van der Waals surface area contributed by atoms with Crippen LogP contribution in [-0.2, 0) is 17.9 Å². The number of piperazine rings is 1. The summed E-state index contributed by atoms with van der Waals surface area (Å²) in [5, 5.41) is 0. The van der Waals surface area contributed by atoms with E-state index in [4.69, 9.17) is 0 Å². The van der Waals surface area contributed by atoms with E-state index < -0.39 is 0 Å². The molecule has 1 atom stereocenters. The van der Waals surface area contributed by atoms with Crippen LogP contribution in [0.2, 0.25) is 0 Å². The molecule has 0 aliphatic carbocycles. The van der Waals surface area contributed by atoms with Gasteiger partial charge in [0.05, 0.1) is 0 Å². The Morgan fingerprint density at radius 1 is 0.871 bits per heavy atom. The highest BCUT2D eigenvalue weighted by Gasteiger charge is 2.24. The van der Waals surface area contributed by atoms with Crippen LogP contribution >= 0.6 is 0 Å². The standard InChI is InChI=1S/C27H37N3O/c1-23-8-5-6-12-26(23)22-29-15-7-11-25(21-29)13-14-27(31)30-18-16-28(17-19-30)20-24-9-3-2-4-10-24/h2-6,8-10,12,25H,7,11,13-22H2,1H3. The number of benzene rings is 2. The highest BCUT2D eigenvalue weighted by molar-refractivity contribution is 5.76. The fourth-order valence-corrected chi connectivity index (χ4v) is 5.04. The van der Waals surface area contributed by atoms with Crippen LogP contribution in [0.5, 0.6) is 0 Å². The van der Waals surface area contributed by atoms with Crippen molar-refractivity contribution in [2.45, 2.75) is 45.7 Å². The third-order valence-corrected chi connectivity index (χ3v) is 7.00. The van der Waals surface area contributed by atoms with Gasteiger partial charge in [0.1, 0.15) is 0 Å². The minimum absolute atomic E-state index is 0.357. The topological polar surface area (TPSA) is 26.8 Å². The lowest BCUT2D eigenvalue weighted by Gasteiger charge is -2.36. The van der Waals surface area contributed by atoms with Crippen molar-refractivity contribution in [1.82, 2.24) is 14.7 Å². The number of carbonyl (C=O) groups is 1. The molecule has 0 saturated carbocycles. The summed E-state index contributed by atoms with van der Waals surface area (Å²) in [6.45, 7) is 10.2. The molecule has 1 unspecified atom stereocenters. The average molecular weight is 420 g/mol. The summed E-state index contributed by atoms with van der Waals surface area (Å²) >= 11 is 0. The molecule has 0 N–H and O–H groups in total. The number of carbonyl (C=O) groups excluding carboxylic acids is 1. The summed E-state index contributed by atoms with van der Waals surface area (Å²) in [6, 6.07) is 19.3. The van der Waals surface area contributed by atoms with E-state index in [-0.39, 0.29) is 0 Å². The van der Waals surface area contributed by atoms with Gasteiger partial charge in [-0.15, -0.1) is 0 Å². The first-order valence-electron chi connectivity index (χ1n) is 12.0. The molecule has 166 valence electrons. The zero-order valence-electron chi connectivity index (χ0n) is 19.0. The number of hydrogen-bond donors (Lipinski definition) is 0. The largest absolute Gasteiger partial charge is 0.340 e. The van der Waals surface area contributed by atoms with Crippen molar-refractivity contribution >= 4 is 5.91 Å². The predicted molar refractivity (Wildman–Crippen MR) is 127 cm³/mol. The van der Waals surface area contributed by atoms with Crippen molar-refractivity contribution in [3.8, 4) is 0 Å². The number of hydrogen-bond acceptors (Lipinski definition) is 3. The second-order valence-electron chi connectivity index (χ2n) is 9.35. The Kier molecular flexibility index (Phi) is 7.76. The van der Waals surface area contributed by atoms with E-state index in [1.54, 1.807) is 0 Å². The molecule has 0 spiro atoms. The normalized spacial score (nSPS) is 20.7. The van der Waals surface area contributed by atoms with E-state index in [0.717, 1.165) is 52.2 Å². The molecule has 4 heteroatoms. The quantitative estimate of drug-likeness (QED) is 0.668. The molecule has 2 aliphatic rings. The molecule has 2 heterocycles. The molecule has 4 nitrogen and oxygen atoms in total. The molecule has 2 aliphatic heterocycles. The summed E-state index contributed by atoms with van der Waals surface area (Å²) in [5.74, 6) is 1.01. The fraction of sp³-hybridized carbons (Fsp3) is 0.519. The van der Waals surface area contributed by atoms with Crippen LogP contribution in [0.4, 0.5) is 0 Å². The maximum absolute atomic E-state index is 12.8. The molecule has 0 radical (unpaired) electrons. The molecule has 0 bridgehead atoms. The van der Waals surface area contributed by atoms with Gasteiger partial charge in [-0.2, -0.15) is 0 Å². The smallest absolute Gasteiger partial charge is 0.222 e. The summed E-state index contributed by atoms with van der Waals surface area (Å²) in [7, 11) is 0. The Labute approximate surface area is 187 Å². The van der Waals surface area contributed by atoms with E-state index >= 15 is 0 Å². The molecule has 1 amide bonds. The molecule has 2 fully saturated rings. The Bertz CT molecular complexity index is 829. The van der Waals surface area contributed by atoms with Crippen LogP contribution in [-0.4, -0.2) is 59.9 Å². The van der Waals surface area contributed by atoms with Crippen molar-refractivity contribution in [3.63, 3.8) is 0 Å². The van der Waals surface area contributed by atoms with Gasteiger partial charge in [0.25, 0.3) is 0 Å². The van der Waals surface area contributed by atoms with Gasteiger partial charge >= 0.3 is 0 Å². The molecule has 2 aromatic rings. The number of amides is 1. The first-order chi connectivity index (χ1) is 15.2. The molecule has 0 aromatic heterocycles. The summed E-state index contributed by atoms with van der Waals surface area (Å²) < 4.78 is 0. The third-order valence-electron chi connectivity index (χ3n) is 7.00. The van der Waals surface area contributed by atoms with Crippen LogP contribution in [0.1, 0.15) is 42.4 Å². The van der Waals surface area contributed by atoms with Gasteiger partial charge in [-0.05, 0) is 55.3 Å². The van der Waals surface area contributed by atoms with Crippen LogP contribution in [0.25, 0.3) is 0 Å². The maximum atomic E-state index is 12.8. The Morgan fingerprint density at radius 3 is 2.39 bits per heavy atom. The number of piperidine rings is 1. The Hall–Kier alpha value is -2.17. The Balaban J connectivity index is 1.18. The number of nitrogens with zero attached hydrogens (tertiary/aromatic N) is 3. The minimum Gasteiger partial charge on any atom is -0.340 e. The first kappa shape index (κ1) is 22.0. The van der Waals surface area contributed by atoms with Crippen LogP contribution in [0.3, 0.4) is 0 Å². The SMILES string of the molecule is Cc1ccccc1CN1CCCC(CCC(=O)N2CCN(Cc3ccccc3)CC2)C1. The van der Waals surface area contributed by atoms with Gasteiger partial charge in [-0.25, -0.2) is 0 Å². The van der Waals surface area contributed by atoms with Gasteiger partial charge in [0.15, 0.2) is 0 Å². The van der Waals surface area contributed by atoms with Gasteiger partial charge < -0.3 is 4.90 Å². The maximum Gasteiger partial charge on any atom is 0.222 e. The van der Waals surface area contributed by atoms with Crippen molar-refractivity contribution in [2.24, 2.45) is 5.92 Å². The number of likely N-dealkylation sites (tertiary alicyclic amines) is 1. The van der Waals surface area contributed by atoms with E-state index in [1.807, 2.05) is 0 Å². The van der Waals surface area contributed by atoms with Crippen LogP contribution < -0.4 is 0 Å². The average Bonchev–Trinajstić information content (AvgIpc) is 2.80. The second kappa shape index (κ2) is 10.9. The van der Waals surface area contributed by atoms with E-state index in [2.05, 4.69) is 76.2 Å². The first-order valence-corrected chi connectivity index (χ1v) is 12.0. The summed E-state index contributed by atoms with van der Waals surface area (Å²) in [6.07, 6.45) is 4.26. The van der Waals surface area contributed by atoms with Gasteiger partial charge in [-0.3, -0.25) is 14.6 Å². The van der Waals surface area contributed by atoms with Gasteiger partial charge in [-0.1, -0.05) is 54.6 Å². The summed E-state index contributed by atoms with van der Waals surface area (Å²) in [5.41, 5.74) is 4.17. The van der Waals surface area contributed by atoms with Gasteiger partial charge in [0.2, 0.25) is 5.91 Å². The molecule has 31 heavy (non-hydrogen) atoms. The van der Waals surface area contributed by atoms with E-state index in [9.17, 15) is 4.79 Å². The zero-order chi connectivity index (χ0) is 21.5. The van der Waals surface area contributed by atoms with Crippen molar-refractivity contribution in [2.75, 3.05) is 39.3 Å². The summed E-state index contributed by atoms with van der Waals surface area (Å²) in [4.78, 5) is 20.0.